The molecule has 1 N–H and O–H groups in total. The third-order valence-electron chi connectivity index (χ3n) is 5.68. The van der Waals surface area contributed by atoms with E-state index >= 15 is 0 Å². The lowest BCUT2D eigenvalue weighted by molar-refractivity contribution is -0.140. The quantitative estimate of drug-likeness (QED) is 0.289. The third kappa shape index (κ3) is 8.53. The molecule has 204 valence electrons. The number of amides is 2. The second kappa shape index (κ2) is 13.6. The Morgan fingerprint density at radius 3 is 2.08 bits per heavy atom. The summed E-state index contributed by atoms with van der Waals surface area (Å²) in [6.07, 6.45) is 1.90. The highest BCUT2D eigenvalue weighted by molar-refractivity contribution is 7.92. The van der Waals surface area contributed by atoms with Gasteiger partial charge in [0.2, 0.25) is 21.8 Å². The molecular weight excluding hydrogens is 604 g/mol. The molecule has 0 bridgehead atoms. The lowest BCUT2D eigenvalue weighted by Gasteiger charge is -2.33. The fourth-order valence-electron chi connectivity index (χ4n) is 3.49. The van der Waals surface area contributed by atoms with Gasteiger partial charge in [-0.15, -0.1) is 0 Å². The Morgan fingerprint density at radius 1 is 0.919 bits per heavy atom. The number of nitrogens with one attached hydrogen (secondary N) is 1. The highest BCUT2D eigenvalue weighted by Crippen LogP contribution is 2.36. The van der Waals surface area contributed by atoms with Crippen LogP contribution in [-0.4, -0.2) is 50.0 Å². The van der Waals surface area contributed by atoms with Gasteiger partial charge >= 0.3 is 0 Å². The van der Waals surface area contributed by atoms with Crippen molar-refractivity contribution in [2.24, 2.45) is 0 Å². The van der Waals surface area contributed by atoms with Gasteiger partial charge in [-0.05, 0) is 49.6 Å². The second-order valence-corrected chi connectivity index (χ2v) is 12.5. The molecule has 0 aliphatic carbocycles. The SMILES string of the molecule is CC[C@H](C)NC(=O)[C@H](CC)N(Cc1ccc(Cl)cc1Cl)C(=O)CN(c1cc(Cl)c(Cl)cc1Cl)S(C)(=O)=O. The summed E-state index contributed by atoms with van der Waals surface area (Å²) < 4.78 is 26.3. The molecule has 2 atom stereocenters. The molecule has 0 unspecified atom stereocenters. The van der Waals surface area contributed by atoms with Crippen molar-refractivity contribution >= 4 is 85.5 Å². The van der Waals surface area contributed by atoms with Crippen LogP contribution in [0.4, 0.5) is 5.69 Å². The molecule has 0 radical (unpaired) electrons. The van der Waals surface area contributed by atoms with E-state index in [-0.39, 0.29) is 45.7 Å². The van der Waals surface area contributed by atoms with Gasteiger partial charge in [-0.2, -0.15) is 0 Å². The fourth-order valence-corrected chi connectivity index (χ4v) is 5.51. The summed E-state index contributed by atoms with van der Waals surface area (Å²) in [5.74, 6) is -1.02. The van der Waals surface area contributed by atoms with Crippen molar-refractivity contribution in [3.8, 4) is 0 Å². The fraction of sp³-hybridized carbons (Fsp3) is 0.417. The van der Waals surface area contributed by atoms with Gasteiger partial charge in [0.15, 0.2) is 0 Å². The predicted molar refractivity (Wildman–Crippen MR) is 153 cm³/mol. The predicted octanol–water partition coefficient (Wildman–Crippen LogP) is 6.44. The van der Waals surface area contributed by atoms with Gasteiger partial charge in [-0.3, -0.25) is 13.9 Å². The standard InChI is InChI=1S/C24H28Cl5N3O4S/c1-5-14(3)30-24(34)21(6-2)31(12-15-7-8-16(25)9-17(15)26)23(33)13-32(37(4,35)36)22-11-19(28)18(27)10-20(22)29/h7-11,14,21H,5-6,12-13H2,1-4H3,(H,30,34)/t14-,21-/m0/s1. The van der Waals surface area contributed by atoms with Crippen LogP contribution >= 0.6 is 58.0 Å². The van der Waals surface area contributed by atoms with Crippen molar-refractivity contribution in [3.05, 3.63) is 61.0 Å². The van der Waals surface area contributed by atoms with Gasteiger partial charge in [-0.25, -0.2) is 8.42 Å². The number of nitrogens with zero attached hydrogens (tertiary/aromatic N) is 2. The van der Waals surface area contributed by atoms with Crippen LogP contribution in [0.15, 0.2) is 30.3 Å². The maximum absolute atomic E-state index is 13.7. The molecule has 0 spiro atoms. The molecule has 0 saturated carbocycles. The van der Waals surface area contributed by atoms with Crippen molar-refractivity contribution in [1.29, 1.82) is 0 Å². The van der Waals surface area contributed by atoms with Crippen LogP contribution in [0.25, 0.3) is 0 Å². The van der Waals surface area contributed by atoms with E-state index in [4.69, 9.17) is 58.0 Å². The summed E-state index contributed by atoms with van der Waals surface area (Å²) in [6.45, 7) is 4.83. The number of hydrogen-bond donors (Lipinski definition) is 1. The molecule has 2 aromatic rings. The van der Waals surface area contributed by atoms with Gasteiger partial charge in [0.1, 0.15) is 12.6 Å². The Labute approximate surface area is 243 Å². The van der Waals surface area contributed by atoms with Crippen molar-refractivity contribution in [1.82, 2.24) is 10.2 Å². The Bertz CT molecular complexity index is 1260. The van der Waals surface area contributed by atoms with E-state index in [1.54, 1.807) is 19.1 Å². The average Bonchev–Trinajstić information content (AvgIpc) is 2.80. The minimum Gasteiger partial charge on any atom is -0.352 e. The minimum atomic E-state index is -4.01. The lowest BCUT2D eigenvalue weighted by Crippen LogP contribution is -2.53. The smallest absolute Gasteiger partial charge is 0.244 e. The molecule has 2 aromatic carbocycles. The Balaban J connectivity index is 2.54. The van der Waals surface area contributed by atoms with Crippen LogP contribution in [0, 0.1) is 0 Å². The Morgan fingerprint density at radius 2 is 1.54 bits per heavy atom. The van der Waals surface area contributed by atoms with E-state index in [9.17, 15) is 18.0 Å². The van der Waals surface area contributed by atoms with E-state index in [2.05, 4.69) is 5.32 Å². The molecule has 37 heavy (non-hydrogen) atoms. The summed E-state index contributed by atoms with van der Waals surface area (Å²) in [6, 6.07) is 6.33. The maximum atomic E-state index is 13.7. The zero-order chi connectivity index (χ0) is 28.1. The van der Waals surface area contributed by atoms with Crippen molar-refractivity contribution < 1.29 is 18.0 Å². The average molecular weight is 632 g/mol. The largest absolute Gasteiger partial charge is 0.352 e. The lowest BCUT2D eigenvalue weighted by atomic mass is 10.1. The number of hydrogen-bond acceptors (Lipinski definition) is 4. The molecule has 0 aliphatic rings. The Hall–Kier alpha value is -1.42. The number of carbonyl (C=O) groups is 2. The van der Waals surface area contributed by atoms with Crippen LogP contribution in [0.3, 0.4) is 0 Å². The van der Waals surface area contributed by atoms with Crippen LogP contribution in [-0.2, 0) is 26.2 Å². The van der Waals surface area contributed by atoms with Crippen molar-refractivity contribution in [3.63, 3.8) is 0 Å². The highest BCUT2D eigenvalue weighted by Gasteiger charge is 2.33. The van der Waals surface area contributed by atoms with Gasteiger partial charge in [0, 0.05) is 22.6 Å². The molecule has 13 heteroatoms. The van der Waals surface area contributed by atoms with Crippen LogP contribution in [0.5, 0.6) is 0 Å². The van der Waals surface area contributed by atoms with Crippen molar-refractivity contribution in [2.75, 3.05) is 17.1 Å². The number of anilines is 1. The molecule has 0 saturated heterocycles. The summed E-state index contributed by atoms with van der Waals surface area (Å²) in [4.78, 5) is 28.2. The molecule has 0 fully saturated rings. The molecule has 0 heterocycles. The summed E-state index contributed by atoms with van der Waals surface area (Å²) in [5, 5.41) is 3.78. The van der Waals surface area contributed by atoms with Gasteiger partial charge in [0.25, 0.3) is 0 Å². The van der Waals surface area contributed by atoms with Gasteiger partial charge < -0.3 is 10.2 Å². The first-order valence-corrected chi connectivity index (χ1v) is 15.1. The normalized spacial score (nSPS) is 13.1. The topological polar surface area (TPSA) is 86.8 Å². The second-order valence-electron chi connectivity index (χ2n) is 8.49. The van der Waals surface area contributed by atoms with E-state index in [1.165, 1.54) is 23.1 Å². The first-order valence-electron chi connectivity index (χ1n) is 11.4. The number of rotatable bonds is 11. The number of halogens is 5. The van der Waals surface area contributed by atoms with E-state index in [1.807, 2.05) is 13.8 Å². The van der Waals surface area contributed by atoms with E-state index in [0.717, 1.165) is 10.6 Å². The summed E-state index contributed by atoms with van der Waals surface area (Å²) in [5.41, 5.74) is 0.515. The third-order valence-corrected chi connectivity index (χ3v) is 8.42. The summed E-state index contributed by atoms with van der Waals surface area (Å²) in [7, 11) is -4.01. The van der Waals surface area contributed by atoms with E-state index in [0.29, 0.717) is 22.0 Å². The molecule has 2 rings (SSSR count). The van der Waals surface area contributed by atoms with Crippen LogP contribution in [0.1, 0.15) is 39.2 Å². The number of sulfonamides is 1. The highest BCUT2D eigenvalue weighted by atomic mass is 35.5. The zero-order valence-corrected chi connectivity index (χ0v) is 25.3. The minimum absolute atomic E-state index is 0.0125. The molecule has 0 aliphatic heterocycles. The molecular formula is C24H28Cl5N3O4S. The first-order chi connectivity index (χ1) is 17.2. The van der Waals surface area contributed by atoms with Crippen LogP contribution in [0.2, 0.25) is 25.1 Å². The monoisotopic (exact) mass is 629 g/mol. The Kier molecular flexibility index (Phi) is 11.7. The number of carbonyl (C=O) groups excluding carboxylic acids is 2. The number of benzene rings is 2. The molecule has 0 aromatic heterocycles. The van der Waals surface area contributed by atoms with Crippen LogP contribution < -0.4 is 9.62 Å². The van der Waals surface area contributed by atoms with E-state index < -0.39 is 28.5 Å². The zero-order valence-electron chi connectivity index (χ0n) is 20.7. The van der Waals surface area contributed by atoms with Gasteiger partial charge in [-0.1, -0.05) is 77.9 Å². The molecule has 2 amide bonds. The van der Waals surface area contributed by atoms with Crippen molar-refractivity contribution in [2.45, 2.75) is 52.2 Å². The maximum Gasteiger partial charge on any atom is 0.244 e. The first kappa shape index (κ1) is 31.8. The summed E-state index contributed by atoms with van der Waals surface area (Å²) >= 11 is 30.8. The molecule has 7 nitrogen and oxygen atoms in total. The van der Waals surface area contributed by atoms with Gasteiger partial charge in [0.05, 0.1) is 27.0 Å².